The van der Waals surface area contributed by atoms with Crippen LogP contribution in [0.4, 0.5) is 0 Å². The number of thiophene rings is 1. The monoisotopic (exact) mass is 308 g/mol. The molecular weight excluding hydrogens is 288 g/mol. The molecule has 0 atom stereocenters. The molecule has 6 heteroatoms. The van der Waals surface area contributed by atoms with E-state index in [1.54, 1.807) is 22.7 Å². The van der Waals surface area contributed by atoms with Gasteiger partial charge >= 0.3 is 0 Å². The van der Waals surface area contributed by atoms with Crippen LogP contribution in [0.5, 0.6) is 0 Å². The van der Waals surface area contributed by atoms with Crippen LogP contribution in [0.2, 0.25) is 0 Å². The summed E-state index contributed by atoms with van der Waals surface area (Å²) in [6.45, 7) is 5.74. The predicted molar refractivity (Wildman–Crippen MR) is 87.6 cm³/mol. The van der Waals surface area contributed by atoms with E-state index in [4.69, 9.17) is 0 Å². The zero-order valence-electron chi connectivity index (χ0n) is 12.3. The molecule has 0 unspecified atom stereocenters. The standard InChI is InChI=1S/C14H20N4S2/c1-10-11(2)20-13(17-10)7-16-14(15-3)18(4)8-12-5-6-19-9-12/h5-6,9H,7-8H2,1-4H3,(H,15,16). The van der Waals surface area contributed by atoms with Crippen LogP contribution in [0.25, 0.3) is 0 Å². The zero-order valence-corrected chi connectivity index (χ0v) is 13.9. The fourth-order valence-electron chi connectivity index (χ4n) is 1.89. The minimum absolute atomic E-state index is 0.722. The van der Waals surface area contributed by atoms with Crippen LogP contribution in [0.15, 0.2) is 21.8 Å². The van der Waals surface area contributed by atoms with E-state index in [1.165, 1.54) is 10.4 Å². The molecule has 0 fully saturated rings. The lowest BCUT2D eigenvalue weighted by atomic mass is 10.3. The van der Waals surface area contributed by atoms with Gasteiger partial charge in [-0.1, -0.05) is 0 Å². The van der Waals surface area contributed by atoms with Crippen molar-refractivity contribution in [3.05, 3.63) is 38.0 Å². The van der Waals surface area contributed by atoms with Crippen molar-refractivity contribution in [2.24, 2.45) is 4.99 Å². The molecule has 20 heavy (non-hydrogen) atoms. The molecule has 0 spiro atoms. The lowest BCUT2D eigenvalue weighted by molar-refractivity contribution is 0.477. The van der Waals surface area contributed by atoms with Gasteiger partial charge in [-0.05, 0) is 36.2 Å². The Morgan fingerprint density at radius 1 is 1.45 bits per heavy atom. The van der Waals surface area contributed by atoms with Gasteiger partial charge in [0.1, 0.15) is 5.01 Å². The lowest BCUT2D eigenvalue weighted by Gasteiger charge is -2.21. The van der Waals surface area contributed by atoms with Crippen molar-refractivity contribution in [2.45, 2.75) is 26.9 Å². The Balaban J connectivity index is 1.92. The van der Waals surface area contributed by atoms with Gasteiger partial charge in [0.15, 0.2) is 5.96 Å². The predicted octanol–water partition coefficient (Wildman–Crippen LogP) is 3.03. The number of nitrogens with zero attached hydrogens (tertiary/aromatic N) is 3. The first-order chi connectivity index (χ1) is 9.60. The molecule has 0 aromatic carbocycles. The SMILES string of the molecule is CN=C(NCc1nc(C)c(C)s1)N(C)Cc1ccsc1. The maximum atomic E-state index is 4.54. The number of aryl methyl sites for hydroxylation is 2. The smallest absolute Gasteiger partial charge is 0.194 e. The molecule has 4 nitrogen and oxygen atoms in total. The number of aromatic nitrogens is 1. The van der Waals surface area contributed by atoms with Crippen LogP contribution in [0, 0.1) is 13.8 Å². The number of guanidine groups is 1. The molecule has 0 bridgehead atoms. The van der Waals surface area contributed by atoms with Crippen molar-refractivity contribution in [3.63, 3.8) is 0 Å². The molecule has 0 amide bonds. The highest BCUT2D eigenvalue weighted by atomic mass is 32.1. The fraction of sp³-hybridized carbons (Fsp3) is 0.429. The third-order valence-corrected chi connectivity index (χ3v) is 4.85. The van der Waals surface area contributed by atoms with E-state index in [0.717, 1.165) is 29.8 Å². The number of thiazole rings is 1. The molecule has 0 saturated heterocycles. The minimum Gasteiger partial charge on any atom is -0.350 e. The second-order valence-corrected chi connectivity index (χ2v) is 6.71. The first kappa shape index (κ1) is 15.0. The molecule has 0 saturated carbocycles. The van der Waals surface area contributed by atoms with E-state index in [9.17, 15) is 0 Å². The van der Waals surface area contributed by atoms with Gasteiger partial charge in [0.2, 0.25) is 0 Å². The number of nitrogens with one attached hydrogen (secondary N) is 1. The Labute approximate surface area is 128 Å². The summed E-state index contributed by atoms with van der Waals surface area (Å²) in [5.41, 5.74) is 2.43. The first-order valence-electron chi connectivity index (χ1n) is 6.46. The third-order valence-electron chi connectivity index (χ3n) is 3.04. The Morgan fingerprint density at radius 2 is 2.25 bits per heavy atom. The summed E-state index contributed by atoms with van der Waals surface area (Å²) in [7, 11) is 3.86. The summed E-state index contributed by atoms with van der Waals surface area (Å²) in [5.74, 6) is 0.890. The highest BCUT2D eigenvalue weighted by Crippen LogP contribution is 2.16. The molecule has 2 heterocycles. The third kappa shape index (κ3) is 3.80. The summed E-state index contributed by atoms with van der Waals surface area (Å²) in [6.07, 6.45) is 0. The number of rotatable bonds is 4. The fourth-order valence-corrected chi connectivity index (χ4v) is 3.42. The highest BCUT2D eigenvalue weighted by molar-refractivity contribution is 7.11. The van der Waals surface area contributed by atoms with E-state index >= 15 is 0 Å². The molecule has 0 aliphatic rings. The van der Waals surface area contributed by atoms with E-state index in [2.05, 4.69) is 43.9 Å². The van der Waals surface area contributed by atoms with Crippen molar-refractivity contribution < 1.29 is 0 Å². The van der Waals surface area contributed by atoms with Crippen LogP contribution in [-0.4, -0.2) is 29.9 Å². The van der Waals surface area contributed by atoms with Gasteiger partial charge in [-0.25, -0.2) is 4.98 Å². The summed E-state index contributed by atoms with van der Waals surface area (Å²) < 4.78 is 0. The van der Waals surface area contributed by atoms with Gasteiger partial charge in [-0.15, -0.1) is 11.3 Å². The minimum atomic E-state index is 0.722. The van der Waals surface area contributed by atoms with Crippen LogP contribution in [0.3, 0.4) is 0 Å². The van der Waals surface area contributed by atoms with Crippen molar-refractivity contribution in [3.8, 4) is 0 Å². The van der Waals surface area contributed by atoms with Gasteiger partial charge in [-0.3, -0.25) is 4.99 Å². The summed E-state index contributed by atoms with van der Waals surface area (Å²) >= 11 is 3.46. The molecule has 2 aromatic heterocycles. The summed E-state index contributed by atoms with van der Waals surface area (Å²) in [6, 6.07) is 2.14. The Hall–Kier alpha value is -1.40. The normalized spacial score (nSPS) is 11.7. The Kier molecular flexibility index (Phi) is 5.14. The highest BCUT2D eigenvalue weighted by Gasteiger charge is 2.09. The lowest BCUT2D eigenvalue weighted by Crippen LogP contribution is -2.37. The zero-order chi connectivity index (χ0) is 14.5. The van der Waals surface area contributed by atoms with E-state index in [-0.39, 0.29) is 0 Å². The first-order valence-corrected chi connectivity index (χ1v) is 8.22. The largest absolute Gasteiger partial charge is 0.350 e. The Bertz CT molecular complexity index is 553. The molecule has 2 rings (SSSR count). The van der Waals surface area contributed by atoms with Crippen molar-refractivity contribution in [1.82, 2.24) is 15.2 Å². The average Bonchev–Trinajstić information content (AvgIpc) is 3.01. The summed E-state index contributed by atoms with van der Waals surface area (Å²) in [4.78, 5) is 12.3. The van der Waals surface area contributed by atoms with Crippen LogP contribution in [-0.2, 0) is 13.1 Å². The van der Waals surface area contributed by atoms with Gasteiger partial charge in [0, 0.05) is 25.5 Å². The van der Waals surface area contributed by atoms with Gasteiger partial charge in [-0.2, -0.15) is 11.3 Å². The van der Waals surface area contributed by atoms with Crippen LogP contribution < -0.4 is 5.32 Å². The second-order valence-electron chi connectivity index (χ2n) is 4.64. The van der Waals surface area contributed by atoms with Gasteiger partial charge < -0.3 is 10.2 Å². The van der Waals surface area contributed by atoms with Gasteiger partial charge in [0.05, 0.1) is 12.2 Å². The van der Waals surface area contributed by atoms with Crippen molar-refractivity contribution >= 4 is 28.6 Å². The molecular formula is C14H20N4S2. The maximum absolute atomic E-state index is 4.54. The van der Waals surface area contributed by atoms with Crippen LogP contribution in [0.1, 0.15) is 21.1 Å². The maximum Gasteiger partial charge on any atom is 0.194 e. The topological polar surface area (TPSA) is 40.5 Å². The molecule has 0 radical (unpaired) electrons. The molecule has 0 aliphatic heterocycles. The second kappa shape index (κ2) is 6.85. The van der Waals surface area contributed by atoms with E-state index in [1.807, 2.05) is 21.0 Å². The number of hydrogen-bond donors (Lipinski definition) is 1. The van der Waals surface area contributed by atoms with Crippen molar-refractivity contribution in [2.75, 3.05) is 14.1 Å². The number of hydrogen-bond acceptors (Lipinski definition) is 4. The van der Waals surface area contributed by atoms with Crippen molar-refractivity contribution in [1.29, 1.82) is 0 Å². The average molecular weight is 308 g/mol. The molecule has 0 aliphatic carbocycles. The number of aliphatic imine (C=N–C) groups is 1. The quantitative estimate of drug-likeness (QED) is 0.697. The summed E-state index contributed by atoms with van der Waals surface area (Å²) in [5, 5.41) is 8.73. The molecule has 1 N–H and O–H groups in total. The van der Waals surface area contributed by atoms with Gasteiger partial charge in [0.25, 0.3) is 0 Å². The molecule has 108 valence electrons. The van der Waals surface area contributed by atoms with E-state index in [0.29, 0.717) is 0 Å². The van der Waals surface area contributed by atoms with E-state index < -0.39 is 0 Å². The Morgan fingerprint density at radius 3 is 2.80 bits per heavy atom. The van der Waals surface area contributed by atoms with Crippen LogP contribution >= 0.6 is 22.7 Å². The molecule has 2 aromatic rings.